The van der Waals surface area contributed by atoms with Crippen molar-refractivity contribution in [2.45, 2.75) is 32.7 Å². The number of nitrogens with one attached hydrogen (secondary N) is 3. The molecule has 0 aliphatic carbocycles. The highest BCUT2D eigenvalue weighted by Crippen LogP contribution is 2.34. The largest absolute Gasteiger partial charge is 0.358 e. The van der Waals surface area contributed by atoms with Gasteiger partial charge < -0.3 is 4.98 Å². The van der Waals surface area contributed by atoms with Crippen LogP contribution in [0.4, 0.5) is 5.82 Å². The number of hydrogen-bond acceptors (Lipinski definition) is 1. The van der Waals surface area contributed by atoms with Crippen LogP contribution in [0.3, 0.4) is 0 Å². The Morgan fingerprint density at radius 1 is 0.852 bits per heavy atom. The van der Waals surface area contributed by atoms with E-state index in [1.807, 2.05) is 18.3 Å². The molecular weight excluding hydrogens is 330 g/mol. The molecule has 3 heteroatoms. The molecule has 2 heterocycles. The molecule has 0 saturated heterocycles. The number of aromatic nitrogens is 2. The molecule has 3 nitrogen and oxygen atoms in total. The summed E-state index contributed by atoms with van der Waals surface area (Å²) in [5, 5.41) is 4.96. The Morgan fingerprint density at radius 2 is 1.56 bits per heavy atom. The minimum atomic E-state index is 0.0565. The third-order valence-corrected chi connectivity index (χ3v) is 5.18. The van der Waals surface area contributed by atoms with Crippen LogP contribution in [-0.4, -0.2) is 4.98 Å². The van der Waals surface area contributed by atoms with E-state index in [0.717, 1.165) is 5.82 Å². The van der Waals surface area contributed by atoms with E-state index in [4.69, 9.17) is 0 Å². The van der Waals surface area contributed by atoms with Crippen molar-refractivity contribution in [3.63, 3.8) is 0 Å². The summed E-state index contributed by atoms with van der Waals surface area (Å²) in [5.74, 6) is 1.53. The number of fused-ring (bicyclic) bond motifs is 1. The minimum Gasteiger partial charge on any atom is -0.358 e. The Hall–Kier alpha value is -3.07. The van der Waals surface area contributed by atoms with Gasteiger partial charge in [0.1, 0.15) is 6.04 Å². The summed E-state index contributed by atoms with van der Waals surface area (Å²) >= 11 is 0. The molecule has 0 spiro atoms. The minimum absolute atomic E-state index is 0.0565. The molecule has 0 amide bonds. The highest BCUT2D eigenvalue weighted by molar-refractivity contribution is 5.86. The number of aromatic amines is 2. The predicted molar refractivity (Wildman–Crippen MR) is 112 cm³/mol. The van der Waals surface area contributed by atoms with E-state index >= 15 is 0 Å². The van der Waals surface area contributed by atoms with E-state index in [1.54, 1.807) is 0 Å². The summed E-state index contributed by atoms with van der Waals surface area (Å²) in [7, 11) is 0. The number of rotatable bonds is 5. The lowest BCUT2D eigenvalue weighted by Crippen LogP contribution is -2.19. The van der Waals surface area contributed by atoms with Gasteiger partial charge in [-0.25, -0.2) is 4.98 Å². The van der Waals surface area contributed by atoms with Gasteiger partial charge in [0.05, 0.1) is 6.20 Å². The molecule has 3 N–H and O–H groups in total. The zero-order valence-corrected chi connectivity index (χ0v) is 16.1. The van der Waals surface area contributed by atoms with Crippen LogP contribution in [0.2, 0.25) is 0 Å². The van der Waals surface area contributed by atoms with Gasteiger partial charge in [-0.1, -0.05) is 62.4 Å². The van der Waals surface area contributed by atoms with E-state index in [-0.39, 0.29) is 6.04 Å². The zero-order valence-electron chi connectivity index (χ0n) is 16.1. The lowest BCUT2D eigenvalue weighted by molar-refractivity contribution is -0.361. The van der Waals surface area contributed by atoms with Crippen molar-refractivity contribution >= 4 is 16.7 Å². The molecule has 0 aliphatic heterocycles. The van der Waals surface area contributed by atoms with Crippen LogP contribution in [0.15, 0.2) is 72.9 Å². The third-order valence-electron chi connectivity index (χ3n) is 5.18. The van der Waals surface area contributed by atoms with Gasteiger partial charge in [-0.15, -0.1) is 0 Å². The molecule has 2 aromatic carbocycles. The van der Waals surface area contributed by atoms with Crippen molar-refractivity contribution in [2.75, 3.05) is 5.32 Å². The molecule has 0 radical (unpaired) electrons. The van der Waals surface area contributed by atoms with Gasteiger partial charge in [0.15, 0.2) is 0 Å². The van der Waals surface area contributed by atoms with Gasteiger partial charge in [0.2, 0.25) is 0 Å². The molecule has 0 aliphatic rings. The first-order valence-electron chi connectivity index (χ1n) is 9.54. The number of anilines is 1. The molecule has 0 bridgehead atoms. The average Bonchev–Trinajstić information content (AvgIpc) is 3.02. The second-order valence-electron chi connectivity index (χ2n) is 7.38. The molecule has 4 aromatic rings. The molecule has 4 rings (SSSR count). The van der Waals surface area contributed by atoms with E-state index < -0.39 is 0 Å². The van der Waals surface area contributed by atoms with Crippen LogP contribution >= 0.6 is 0 Å². The van der Waals surface area contributed by atoms with E-state index in [1.165, 1.54) is 33.3 Å². The standard InChI is InChI=1S/C24H25N3/c1-16(2)18-11-13-19(14-12-18)24(27-22-10-6-7-15-25-22)23-17(3)26-21-9-5-4-8-20(21)23/h4-16,24,26H,1-3H3,(H,25,27)/p+1/t24-/m0/s1. The molecule has 1 atom stereocenters. The molecule has 27 heavy (non-hydrogen) atoms. The van der Waals surface area contributed by atoms with Crippen LogP contribution < -0.4 is 10.3 Å². The number of aryl methyl sites for hydroxylation is 1. The Kier molecular flexibility index (Phi) is 4.68. The maximum Gasteiger partial charge on any atom is 0.272 e. The normalized spacial score (nSPS) is 12.4. The van der Waals surface area contributed by atoms with Crippen molar-refractivity contribution in [3.8, 4) is 0 Å². The molecular formula is C24H26N3+. The number of benzene rings is 2. The first-order chi connectivity index (χ1) is 13.1. The molecule has 0 fully saturated rings. The van der Waals surface area contributed by atoms with Crippen LogP contribution in [0, 0.1) is 6.92 Å². The van der Waals surface area contributed by atoms with Gasteiger partial charge in [0, 0.05) is 33.8 Å². The Labute approximate surface area is 160 Å². The molecule has 2 aromatic heterocycles. The molecule has 136 valence electrons. The second-order valence-corrected chi connectivity index (χ2v) is 7.38. The van der Waals surface area contributed by atoms with Crippen LogP contribution in [0.5, 0.6) is 0 Å². The summed E-state index contributed by atoms with van der Waals surface area (Å²) in [5.41, 5.74) is 6.27. The van der Waals surface area contributed by atoms with E-state index in [0.29, 0.717) is 5.92 Å². The lowest BCUT2D eigenvalue weighted by Gasteiger charge is -2.17. The number of pyridine rings is 1. The van der Waals surface area contributed by atoms with Gasteiger partial charge >= 0.3 is 0 Å². The third kappa shape index (κ3) is 3.45. The fourth-order valence-electron chi connectivity index (χ4n) is 3.70. The van der Waals surface area contributed by atoms with Crippen LogP contribution in [0.1, 0.15) is 48.2 Å². The highest BCUT2D eigenvalue weighted by Gasteiger charge is 2.25. The van der Waals surface area contributed by atoms with Gasteiger partial charge in [-0.2, -0.15) is 0 Å². The number of para-hydroxylation sites is 1. The summed E-state index contributed by atoms with van der Waals surface area (Å²) in [6.07, 6.45) is 1.95. The van der Waals surface area contributed by atoms with Gasteiger partial charge in [-0.05, 0) is 30.5 Å². The molecule has 0 unspecified atom stereocenters. The maximum atomic E-state index is 3.70. The van der Waals surface area contributed by atoms with Crippen molar-refractivity contribution in [3.05, 3.63) is 95.3 Å². The quantitative estimate of drug-likeness (QED) is 0.479. The van der Waals surface area contributed by atoms with Crippen molar-refractivity contribution in [2.24, 2.45) is 0 Å². The van der Waals surface area contributed by atoms with Crippen LogP contribution in [-0.2, 0) is 0 Å². The maximum absolute atomic E-state index is 3.70. The van der Waals surface area contributed by atoms with E-state index in [9.17, 15) is 0 Å². The highest BCUT2D eigenvalue weighted by atomic mass is 15.0. The smallest absolute Gasteiger partial charge is 0.272 e. The fraction of sp³-hybridized carbons (Fsp3) is 0.208. The van der Waals surface area contributed by atoms with Gasteiger partial charge in [0.25, 0.3) is 5.82 Å². The predicted octanol–water partition coefficient (Wildman–Crippen LogP) is 5.62. The number of hydrogen-bond donors (Lipinski definition) is 2. The summed E-state index contributed by atoms with van der Waals surface area (Å²) in [6.45, 7) is 6.61. The topological polar surface area (TPSA) is 42.0 Å². The second kappa shape index (κ2) is 7.28. The average molecular weight is 356 g/mol. The van der Waals surface area contributed by atoms with Gasteiger partial charge in [-0.3, -0.25) is 5.32 Å². The summed E-state index contributed by atoms with van der Waals surface area (Å²) in [6, 6.07) is 23.7. The van der Waals surface area contributed by atoms with Crippen LogP contribution in [0.25, 0.3) is 10.9 Å². The lowest BCUT2D eigenvalue weighted by atomic mass is 9.93. The van der Waals surface area contributed by atoms with Crippen molar-refractivity contribution < 1.29 is 4.98 Å². The Balaban J connectivity index is 1.83. The summed E-state index contributed by atoms with van der Waals surface area (Å²) in [4.78, 5) is 6.85. The fourth-order valence-corrected chi connectivity index (χ4v) is 3.70. The zero-order chi connectivity index (χ0) is 18.8. The monoisotopic (exact) mass is 356 g/mol. The summed E-state index contributed by atoms with van der Waals surface area (Å²) < 4.78 is 0. The molecule has 0 saturated carbocycles. The first-order valence-corrected chi connectivity index (χ1v) is 9.54. The Bertz CT molecular complexity index is 1030. The Morgan fingerprint density at radius 3 is 2.26 bits per heavy atom. The first kappa shape index (κ1) is 17.3. The van der Waals surface area contributed by atoms with Crippen molar-refractivity contribution in [1.82, 2.24) is 4.98 Å². The van der Waals surface area contributed by atoms with Crippen molar-refractivity contribution in [1.29, 1.82) is 0 Å². The SMILES string of the molecule is Cc1[nH]c2ccccc2c1[C@@H](Nc1cccc[nH+]1)c1ccc(C(C)C)cc1. The number of H-pyrrole nitrogens is 2. The van der Waals surface area contributed by atoms with E-state index in [2.05, 4.69) is 90.7 Å².